The maximum absolute atomic E-state index is 11.2. The molecule has 3 aliphatic carbocycles. The summed E-state index contributed by atoms with van der Waals surface area (Å²) in [4.78, 5) is 11.2. The molecule has 4 rings (SSSR count). The molecule has 0 aliphatic heterocycles. The number of phenols is 1. The minimum absolute atomic E-state index is 0.0281. The van der Waals surface area contributed by atoms with Crippen LogP contribution in [-0.4, -0.2) is 16.6 Å². The number of halogens is 1. The van der Waals surface area contributed by atoms with E-state index in [1.54, 1.807) is 0 Å². The van der Waals surface area contributed by atoms with E-state index in [1.165, 1.54) is 17.5 Å². The average molecular weight is 335 g/mol. The van der Waals surface area contributed by atoms with E-state index in [9.17, 15) is 9.90 Å². The molecule has 0 aromatic heterocycles. The summed E-state index contributed by atoms with van der Waals surface area (Å²) in [6.45, 7) is 2.29. The van der Waals surface area contributed by atoms with E-state index in [0.29, 0.717) is 23.5 Å². The first-order valence-electron chi connectivity index (χ1n) is 8.67. The molecule has 3 nitrogen and oxygen atoms in total. The Bertz CT molecular complexity index is 644. The number of hydrogen-bond donors (Lipinski definition) is 1. The number of aryl methyl sites for hydroxylation is 1. The highest BCUT2D eigenvalue weighted by molar-refractivity contribution is 6.61. The van der Waals surface area contributed by atoms with Crippen molar-refractivity contribution in [1.82, 2.24) is 0 Å². The van der Waals surface area contributed by atoms with Gasteiger partial charge >= 0.3 is 5.43 Å². The number of rotatable bonds is 1. The first-order chi connectivity index (χ1) is 11.0. The molecule has 2 fully saturated rings. The van der Waals surface area contributed by atoms with E-state index < -0.39 is 5.43 Å². The number of hydrogen-bond acceptors (Lipinski definition) is 3. The van der Waals surface area contributed by atoms with Gasteiger partial charge in [0, 0.05) is 17.0 Å². The summed E-state index contributed by atoms with van der Waals surface area (Å²) in [5.74, 6) is 2.22. The average Bonchev–Trinajstić information content (AvgIpc) is 2.83. The standard InChI is InChI=1S/C19H23ClO3/c1-19-9-8-14-13-5-3-12(21)10-11(13)2-4-15(14)16(19)6-7-17(19)23-18(20)22/h3,5,10,14-17,21H,2,4,6-9H2,1H3/t14-,15-,16+,17+,19+/m1/s1. The topological polar surface area (TPSA) is 46.5 Å². The molecule has 2 saturated carbocycles. The summed E-state index contributed by atoms with van der Waals surface area (Å²) in [6.07, 6.45) is 6.45. The fraction of sp³-hybridized carbons (Fsp3) is 0.632. The first-order valence-corrected chi connectivity index (χ1v) is 9.05. The Balaban J connectivity index is 1.63. The van der Waals surface area contributed by atoms with Gasteiger partial charge in [-0.2, -0.15) is 0 Å². The van der Waals surface area contributed by atoms with Gasteiger partial charge in [0.15, 0.2) is 0 Å². The van der Waals surface area contributed by atoms with Crippen molar-refractivity contribution in [2.75, 3.05) is 0 Å². The number of carbonyl (C=O) groups excluding carboxylic acids is 1. The molecule has 5 atom stereocenters. The number of phenolic OH excluding ortho intramolecular Hbond substituents is 1. The Kier molecular flexibility index (Phi) is 3.60. The van der Waals surface area contributed by atoms with Crippen LogP contribution < -0.4 is 0 Å². The highest BCUT2D eigenvalue weighted by Gasteiger charge is 2.56. The van der Waals surface area contributed by atoms with Gasteiger partial charge in [-0.15, -0.1) is 0 Å². The van der Waals surface area contributed by atoms with Gasteiger partial charge < -0.3 is 9.84 Å². The maximum atomic E-state index is 11.2. The van der Waals surface area contributed by atoms with Crippen LogP contribution in [0, 0.1) is 17.3 Å². The van der Waals surface area contributed by atoms with Gasteiger partial charge in [0.05, 0.1) is 0 Å². The summed E-state index contributed by atoms with van der Waals surface area (Å²) in [5, 5.41) is 9.73. The molecule has 0 spiro atoms. The summed E-state index contributed by atoms with van der Waals surface area (Å²) >= 11 is 5.49. The first kappa shape index (κ1) is 15.3. The van der Waals surface area contributed by atoms with Crippen molar-refractivity contribution in [3.63, 3.8) is 0 Å². The van der Waals surface area contributed by atoms with Crippen LogP contribution in [0.5, 0.6) is 5.75 Å². The molecule has 1 N–H and O–H groups in total. The van der Waals surface area contributed by atoms with Gasteiger partial charge in [0.1, 0.15) is 11.9 Å². The second-order valence-electron chi connectivity index (χ2n) is 7.76. The second kappa shape index (κ2) is 5.41. The second-order valence-corrected chi connectivity index (χ2v) is 8.07. The molecular formula is C19H23ClO3. The molecule has 3 aliphatic rings. The van der Waals surface area contributed by atoms with Crippen molar-refractivity contribution in [3.05, 3.63) is 29.3 Å². The zero-order valence-corrected chi connectivity index (χ0v) is 14.2. The SMILES string of the molecule is C[C@]12CC[C@@H]3c4ccc(O)cc4CC[C@H]3[C@@H]1CC[C@@H]2OC(=O)Cl. The van der Waals surface area contributed by atoms with Crippen molar-refractivity contribution in [2.45, 2.75) is 57.5 Å². The van der Waals surface area contributed by atoms with Gasteiger partial charge in [-0.1, -0.05) is 13.0 Å². The van der Waals surface area contributed by atoms with Crippen molar-refractivity contribution >= 4 is 17.0 Å². The third-order valence-electron chi connectivity index (χ3n) is 6.86. The Morgan fingerprint density at radius 3 is 2.91 bits per heavy atom. The van der Waals surface area contributed by atoms with Crippen molar-refractivity contribution < 1.29 is 14.6 Å². The summed E-state index contributed by atoms with van der Waals surface area (Å²) < 4.78 is 5.44. The van der Waals surface area contributed by atoms with E-state index in [4.69, 9.17) is 16.3 Å². The van der Waals surface area contributed by atoms with E-state index in [-0.39, 0.29) is 11.5 Å². The van der Waals surface area contributed by atoms with Crippen LogP contribution in [-0.2, 0) is 11.2 Å². The molecule has 124 valence electrons. The van der Waals surface area contributed by atoms with E-state index in [2.05, 4.69) is 13.0 Å². The number of aromatic hydroxyl groups is 1. The molecule has 1 aromatic carbocycles. The predicted octanol–water partition coefficient (Wildman–Crippen LogP) is 4.99. The van der Waals surface area contributed by atoms with E-state index in [1.807, 2.05) is 12.1 Å². The predicted molar refractivity (Wildman–Crippen MR) is 88.8 cm³/mol. The number of fused-ring (bicyclic) bond motifs is 5. The minimum atomic E-state index is -0.663. The zero-order chi connectivity index (χ0) is 16.2. The molecular weight excluding hydrogens is 312 g/mol. The normalized spacial score (nSPS) is 38.3. The third kappa shape index (κ3) is 2.36. The Morgan fingerprint density at radius 1 is 1.30 bits per heavy atom. The van der Waals surface area contributed by atoms with Crippen LogP contribution in [0.1, 0.15) is 56.1 Å². The lowest BCUT2D eigenvalue weighted by atomic mass is 9.55. The van der Waals surface area contributed by atoms with Crippen molar-refractivity contribution in [2.24, 2.45) is 17.3 Å². The fourth-order valence-corrected chi connectivity index (χ4v) is 5.93. The largest absolute Gasteiger partial charge is 0.508 e. The van der Waals surface area contributed by atoms with Crippen LogP contribution in [0.2, 0.25) is 0 Å². The fourth-order valence-electron chi connectivity index (χ4n) is 5.83. The monoisotopic (exact) mass is 334 g/mol. The van der Waals surface area contributed by atoms with Crippen LogP contribution >= 0.6 is 11.6 Å². The molecule has 4 heteroatoms. The summed E-state index contributed by atoms with van der Waals surface area (Å²) in [7, 11) is 0. The molecule has 0 unspecified atom stereocenters. The Labute approximate surface area is 142 Å². The van der Waals surface area contributed by atoms with Crippen molar-refractivity contribution in [1.29, 1.82) is 0 Å². The van der Waals surface area contributed by atoms with E-state index in [0.717, 1.165) is 32.1 Å². The maximum Gasteiger partial charge on any atom is 0.404 e. The minimum Gasteiger partial charge on any atom is -0.508 e. The molecule has 1 aromatic rings. The molecule has 0 saturated heterocycles. The summed E-state index contributed by atoms with van der Waals surface area (Å²) in [6, 6.07) is 5.88. The van der Waals surface area contributed by atoms with Crippen LogP contribution in [0.3, 0.4) is 0 Å². The number of carbonyl (C=O) groups is 1. The quantitative estimate of drug-likeness (QED) is 0.736. The summed E-state index contributed by atoms with van der Waals surface area (Å²) in [5.41, 5.74) is 2.15. The van der Waals surface area contributed by atoms with Gasteiger partial charge in [-0.05, 0) is 79.5 Å². The van der Waals surface area contributed by atoms with Gasteiger partial charge in [0.2, 0.25) is 0 Å². The van der Waals surface area contributed by atoms with Gasteiger partial charge in [-0.25, -0.2) is 4.79 Å². The molecule has 0 amide bonds. The third-order valence-corrected chi connectivity index (χ3v) is 6.95. The van der Waals surface area contributed by atoms with E-state index >= 15 is 0 Å². The van der Waals surface area contributed by atoms with Crippen LogP contribution in [0.4, 0.5) is 4.79 Å². The molecule has 0 bridgehead atoms. The van der Waals surface area contributed by atoms with Crippen LogP contribution in [0.25, 0.3) is 0 Å². The highest BCUT2D eigenvalue weighted by atomic mass is 35.5. The number of benzene rings is 1. The Hall–Kier alpha value is -1.22. The Morgan fingerprint density at radius 2 is 2.13 bits per heavy atom. The molecule has 0 heterocycles. The van der Waals surface area contributed by atoms with Gasteiger partial charge in [0.25, 0.3) is 0 Å². The van der Waals surface area contributed by atoms with Gasteiger partial charge in [-0.3, -0.25) is 0 Å². The number of ether oxygens (including phenoxy) is 1. The lowest BCUT2D eigenvalue weighted by Crippen LogP contribution is -2.44. The molecule has 0 radical (unpaired) electrons. The van der Waals surface area contributed by atoms with Crippen molar-refractivity contribution in [3.8, 4) is 5.75 Å². The molecule has 23 heavy (non-hydrogen) atoms. The smallest absolute Gasteiger partial charge is 0.404 e. The lowest BCUT2D eigenvalue weighted by Gasteiger charge is -2.50. The lowest BCUT2D eigenvalue weighted by molar-refractivity contribution is -0.0249. The zero-order valence-electron chi connectivity index (χ0n) is 13.4. The highest BCUT2D eigenvalue weighted by Crippen LogP contribution is 2.61. The van der Waals surface area contributed by atoms with Crippen LogP contribution in [0.15, 0.2) is 18.2 Å².